The zero-order valence-corrected chi connectivity index (χ0v) is 12.7. The van der Waals surface area contributed by atoms with E-state index >= 15 is 0 Å². The third kappa shape index (κ3) is 15.3. The zero-order valence-electron chi connectivity index (χ0n) is 12.7. The van der Waals surface area contributed by atoms with E-state index < -0.39 is 11.4 Å². The Hall–Kier alpha value is -0.650. The molecule has 0 aliphatic rings. The van der Waals surface area contributed by atoms with Gasteiger partial charge in [-0.2, -0.15) is 0 Å². The minimum atomic E-state index is -0.931. The molecule has 0 unspecified atom stereocenters. The van der Waals surface area contributed by atoms with Crippen LogP contribution < -0.4 is 10.8 Å². The lowest BCUT2D eigenvalue weighted by molar-refractivity contribution is -0.374. The van der Waals surface area contributed by atoms with Crippen LogP contribution in [0.2, 0.25) is 0 Å². The lowest BCUT2D eigenvalue weighted by Crippen LogP contribution is -2.52. The van der Waals surface area contributed by atoms with Gasteiger partial charge >= 0.3 is 0 Å². The van der Waals surface area contributed by atoms with Crippen molar-refractivity contribution in [3.05, 3.63) is 0 Å². The number of quaternary nitrogens is 1. The van der Waals surface area contributed by atoms with Crippen molar-refractivity contribution in [3.63, 3.8) is 0 Å². The van der Waals surface area contributed by atoms with E-state index in [2.05, 4.69) is 12.7 Å². The van der Waals surface area contributed by atoms with Crippen molar-refractivity contribution >= 4 is 5.97 Å². The normalized spacial score (nSPS) is 10.8. The van der Waals surface area contributed by atoms with Crippen molar-refractivity contribution in [1.29, 1.82) is 0 Å². The molecule has 0 aliphatic carbocycles. The number of aliphatic carboxylic acids is 1. The monoisotopic (exact) mass is 277 g/mol. The summed E-state index contributed by atoms with van der Waals surface area (Å²) in [6, 6.07) is 0. The topological polar surface area (TPSA) is 97.2 Å². The molecule has 0 aliphatic heterocycles. The van der Waals surface area contributed by atoms with Gasteiger partial charge in [-0.3, -0.25) is 0 Å². The highest BCUT2D eigenvalue weighted by Crippen LogP contribution is 2.22. The number of unbranched alkanes of at least 4 members (excludes halogenated alkanes) is 3. The Morgan fingerprint density at radius 1 is 1.26 bits per heavy atom. The van der Waals surface area contributed by atoms with Gasteiger partial charge in [0.05, 0.1) is 26.4 Å². The molecule has 0 aromatic carbocycles. The highest BCUT2D eigenvalue weighted by molar-refractivity contribution is 5.71. The molecule has 0 spiro atoms. The molecule has 0 saturated heterocycles. The summed E-state index contributed by atoms with van der Waals surface area (Å²) in [5, 5.41) is 18.7. The second-order valence-electron chi connectivity index (χ2n) is 5.17. The molecule has 0 atom stereocenters. The van der Waals surface area contributed by atoms with E-state index in [9.17, 15) is 9.90 Å². The van der Waals surface area contributed by atoms with Crippen molar-refractivity contribution in [3.8, 4) is 0 Å². The SMILES string of the molecule is CCCCCCC(C)(C)C(=O)[O-].[NH3+]CCOCCO. The first kappa shape index (κ1) is 20.7. The van der Waals surface area contributed by atoms with Crippen LogP contribution in [0.25, 0.3) is 0 Å². The summed E-state index contributed by atoms with van der Waals surface area (Å²) in [5.74, 6) is -0.931. The number of carbonyl (C=O) groups is 1. The molecule has 5 nitrogen and oxygen atoms in total. The van der Waals surface area contributed by atoms with Crippen molar-refractivity contribution in [2.24, 2.45) is 5.41 Å². The first-order valence-electron chi connectivity index (χ1n) is 7.11. The van der Waals surface area contributed by atoms with Crippen LogP contribution in [-0.4, -0.2) is 37.4 Å². The van der Waals surface area contributed by atoms with E-state index in [0.29, 0.717) is 13.2 Å². The van der Waals surface area contributed by atoms with Gasteiger partial charge in [0.2, 0.25) is 0 Å². The molecule has 0 aromatic heterocycles. The first-order chi connectivity index (χ1) is 8.92. The number of carbonyl (C=O) groups excluding carboxylic acids is 1. The quantitative estimate of drug-likeness (QED) is 0.548. The van der Waals surface area contributed by atoms with Crippen LogP contribution in [0.3, 0.4) is 0 Å². The van der Waals surface area contributed by atoms with Crippen LogP contribution in [0.5, 0.6) is 0 Å². The van der Waals surface area contributed by atoms with Crippen LogP contribution in [-0.2, 0) is 9.53 Å². The molecule has 0 heterocycles. The molecule has 19 heavy (non-hydrogen) atoms. The molecular weight excluding hydrogens is 246 g/mol. The molecule has 116 valence electrons. The fraction of sp³-hybridized carbons (Fsp3) is 0.929. The summed E-state index contributed by atoms with van der Waals surface area (Å²) in [6.45, 7) is 7.59. The highest BCUT2D eigenvalue weighted by Gasteiger charge is 2.17. The first-order valence-corrected chi connectivity index (χ1v) is 7.11. The van der Waals surface area contributed by atoms with Gasteiger partial charge in [-0.05, 0) is 6.42 Å². The molecule has 5 heteroatoms. The van der Waals surface area contributed by atoms with Crippen LogP contribution in [0, 0.1) is 5.41 Å². The number of rotatable bonds is 10. The maximum Gasteiger partial charge on any atom is 0.0977 e. The smallest absolute Gasteiger partial charge is 0.0977 e. The zero-order chi connectivity index (χ0) is 15.1. The Bertz CT molecular complexity index is 204. The molecule has 0 amide bonds. The summed E-state index contributed by atoms with van der Waals surface area (Å²) in [7, 11) is 0. The maximum atomic E-state index is 10.6. The van der Waals surface area contributed by atoms with Crippen molar-refractivity contribution in [1.82, 2.24) is 0 Å². The molecule has 0 aromatic rings. The Balaban J connectivity index is 0. The predicted octanol–water partition coefficient (Wildman–Crippen LogP) is -0.0299. The molecule has 0 saturated carbocycles. The minimum Gasteiger partial charge on any atom is -0.550 e. The molecule has 0 bridgehead atoms. The van der Waals surface area contributed by atoms with Crippen molar-refractivity contribution in [2.45, 2.75) is 52.9 Å². The molecule has 0 radical (unpaired) electrons. The van der Waals surface area contributed by atoms with Gasteiger partial charge in [0, 0.05) is 11.4 Å². The Labute approximate surface area is 117 Å². The lowest BCUT2D eigenvalue weighted by atomic mass is 9.87. The van der Waals surface area contributed by atoms with Crippen LogP contribution >= 0.6 is 0 Å². The summed E-state index contributed by atoms with van der Waals surface area (Å²) in [6.07, 6.45) is 5.24. The number of aliphatic hydroxyl groups is 1. The van der Waals surface area contributed by atoms with Crippen LogP contribution in [0.1, 0.15) is 52.9 Å². The Kier molecular flexibility index (Phi) is 15.0. The Morgan fingerprint density at radius 3 is 2.32 bits per heavy atom. The van der Waals surface area contributed by atoms with E-state index in [4.69, 9.17) is 9.84 Å². The molecular formula is C14H31NO4. The minimum absolute atomic E-state index is 0.111. The standard InChI is InChI=1S/C10H20O2.C4H11NO2/c1-4-5-6-7-8-10(2,3)9(11)12;5-1-3-7-4-2-6/h4-8H2,1-3H3,(H,11,12);6H,1-5H2. The number of aliphatic hydroxyl groups excluding tert-OH is 1. The van der Waals surface area contributed by atoms with Crippen LogP contribution in [0.15, 0.2) is 0 Å². The molecule has 0 fully saturated rings. The summed E-state index contributed by atoms with van der Waals surface area (Å²) < 4.78 is 4.82. The van der Waals surface area contributed by atoms with Crippen molar-refractivity contribution in [2.75, 3.05) is 26.4 Å². The second-order valence-corrected chi connectivity index (χ2v) is 5.17. The number of carboxylic acids is 1. The summed E-state index contributed by atoms with van der Waals surface area (Å²) in [5.41, 5.74) is 2.91. The summed E-state index contributed by atoms with van der Waals surface area (Å²) >= 11 is 0. The third-order valence-corrected chi connectivity index (χ3v) is 2.73. The largest absolute Gasteiger partial charge is 0.550 e. The van der Waals surface area contributed by atoms with E-state index in [-0.39, 0.29) is 6.61 Å². The number of ether oxygens (including phenoxy) is 1. The van der Waals surface area contributed by atoms with Crippen molar-refractivity contribution < 1.29 is 25.5 Å². The van der Waals surface area contributed by atoms with E-state index in [1.807, 2.05) is 0 Å². The van der Waals surface area contributed by atoms with Gasteiger partial charge in [0.15, 0.2) is 0 Å². The fourth-order valence-corrected chi connectivity index (χ4v) is 1.36. The Morgan fingerprint density at radius 2 is 1.89 bits per heavy atom. The van der Waals surface area contributed by atoms with E-state index in [1.54, 1.807) is 13.8 Å². The predicted molar refractivity (Wildman–Crippen MR) is 73.2 cm³/mol. The average Bonchev–Trinajstić information content (AvgIpc) is 2.36. The van der Waals surface area contributed by atoms with Gasteiger partial charge in [-0.25, -0.2) is 0 Å². The fourth-order valence-electron chi connectivity index (χ4n) is 1.36. The van der Waals surface area contributed by atoms with Gasteiger partial charge in [-0.1, -0.05) is 46.5 Å². The maximum absolute atomic E-state index is 10.6. The van der Waals surface area contributed by atoms with Crippen LogP contribution in [0.4, 0.5) is 0 Å². The van der Waals surface area contributed by atoms with Gasteiger partial charge < -0.3 is 25.5 Å². The number of carboxylic acid groups (broad SMARTS) is 1. The average molecular weight is 277 g/mol. The summed E-state index contributed by atoms with van der Waals surface area (Å²) in [4.78, 5) is 10.6. The van der Waals surface area contributed by atoms with Gasteiger partial charge in [0.25, 0.3) is 0 Å². The van der Waals surface area contributed by atoms with E-state index in [0.717, 1.165) is 25.8 Å². The number of hydrogen-bond donors (Lipinski definition) is 2. The number of hydrogen-bond acceptors (Lipinski definition) is 4. The molecule has 4 N–H and O–H groups in total. The lowest BCUT2D eigenvalue weighted by Gasteiger charge is -2.25. The second kappa shape index (κ2) is 13.8. The van der Waals surface area contributed by atoms with E-state index in [1.165, 1.54) is 12.8 Å². The molecule has 0 rings (SSSR count). The van der Waals surface area contributed by atoms with Gasteiger partial charge in [-0.15, -0.1) is 0 Å². The third-order valence-electron chi connectivity index (χ3n) is 2.73. The highest BCUT2D eigenvalue weighted by atomic mass is 16.5. The van der Waals surface area contributed by atoms with Gasteiger partial charge in [0.1, 0.15) is 0 Å².